The summed E-state index contributed by atoms with van der Waals surface area (Å²) in [5.41, 5.74) is 0. The highest BCUT2D eigenvalue weighted by Crippen LogP contribution is 2.00. The van der Waals surface area contributed by atoms with Gasteiger partial charge < -0.3 is 15.0 Å². The van der Waals surface area contributed by atoms with Crippen molar-refractivity contribution in [2.45, 2.75) is 31.1 Å². The Hall–Kier alpha value is -0.130. The van der Waals surface area contributed by atoms with E-state index in [4.69, 9.17) is 0 Å². The molecule has 0 amide bonds. The molecule has 1 atom stereocenters. The molecular formula is C11H23BrN2O2. The fraction of sp³-hybridized carbons (Fsp3) is 0.909. The molecule has 16 heavy (non-hydrogen) atoms. The van der Waals surface area contributed by atoms with Crippen LogP contribution in [0.3, 0.4) is 0 Å². The summed E-state index contributed by atoms with van der Waals surface area (Å²) in [5.74, 6) is -0.230. The summed E-state index contributed by atoms with van der Waals surface area (Å²) in [4.78, 5) is 13.1. The van der Waals surface area contributed by atoms with Crippen LogP contribution < -0.4 is 5.32 Å². The van der Waals surface area contributed by atoms with Crippen molar-refractivity contribution in [3.05, 3.63) is 0 Å². The second-order valence-corrected chi connectivity index (χ2v) is 5.23. The minimum absolute atomic E-state index is 0.230. The number of halogens is 1. The highest BCUT2D eigenvalue weighted by Gasteiger charge is 2.13. The van der Waals surface area contributed by atoms with E-state index in [0.717, 1.165) is 19.5 Å². The van der Waals surface area contributed by atoms with E-state index in [1.165, 1.54) is 7.11 Å². The maximum Gasteiger partial charge on any atom is 0.320 e. The van der Waals surface area contributed by atoms with Crippen molar-refractivity contribution in [2.75, 3.05) is 33.8 Å². The molecule has 96 valence electrons. The van der Waals surface area contributed by atoms with Crippen LogP contribution in [-0.4, -0.2) is 55.5 Å². The summed E-state index contributed by atoms with van der Waals surface area (Å²) >= 11 is 3.26. The number of hydrogen-bond donors (Lipinski definition) is 1. The molecule has 0 heterocycles. The second kappa shape index (κ2) is 8.96. The van der Waals surface area contributed by atoms with Crippen molar-refractivity contribution in [1.82, 2.24) is 10.2 Å². The van der Waals surface area contributed by atoms with Crippen LogP contribution in [0.2, 0.25) is 0 Å². The zero-order valence-corrected chi connectivity index (χ0v) is 12.2. The normalized spacial score (nSPS) is 13.2. The quantitative estimate of drug-likeness (QED) is 0.416. The van der Waals surface area contributed by atoms with Crippen molar-refractivity contribution >= 4 is 21.9 Å². The van der Waals surface area contributed by atoms with E-state index < -0.39 is 0 Å². The van der Waals surface area contributed by atoms with Crippen molar-refractivity contribution < 1.29 is 9.53 Å². The number of rotatable bonds is 8. The molecular weight excluding hydrogens is 272 g/mol. The van der Waals surface area contributed by atoms with Crippen LogP contribution in [0.1, 0.15) is 20.3 Å². The molecule has 0 aliphatic rings. The number of nitrogens with zero attached hydrogens (tertiary/aromatic N) is 1. The van der Waals surface area contributed by atoms with Gasteiger partial charge in [0, 0.05) is 12.6 Å². The average molecular weight is 295 g/mol. The van der Waals surface area contributed by atoms with E-state index in [-0.39, 0.29) is 10.8 Å². The van der Waals surface area contributed by atoms with Crippen LogP contribution >= 0.6 is 15.9 Å². The number of carbonyl (C=O) groups is 1. The smallest absolute Gasteiger partial charge is 0.320 e. The second-order valence-electron chi connectivity index (χ2n) is 4.12. The first kappa shape index (κ1) is 15.9. The molecule has 0 aromatic rings. The van der Waals surface area contributed by atoms with Crippen molar-refractivity contribution in [1.29, 1.82) is 0 Å². The minimum atomic E-state index is -0.250. The van der Waals surface area contributed by atoms with Gasteiger partial charge in [-0.05, 0) is 40.4 Å². The molecule has 1 unspecified atom stereocenters. The lowest BCUT2D eigenvalue weighted by atomic mass is 10.3. The summed E-state index contributed by atoms with van der Waals surface area (Å²) < 4.78 is 4.60. The lowest BCUT2D eigenvalue weighted by molar-refractivity contribution is -0.139. The molecule has 0 aliphatic carbocycles. The van der Waals surface area contributed by atoms with Gasteiger partial charge in [-0.1, -0.05) is 15.9 Å². The highest BCUT2D eigenvalue weighted by atomic mass is 79.9. The van der Waals surface area contributed by atoms with Crippen LogP contribution in [0.15, 0.2) is 0 Å². The van der Waals surface area contributed by atoms with E-state index in [9.17, 15) is 4.79 Å². The van der Waals surface area contributed by atoms with E-state index in [0.29, 0.717) is 12.6 Å². The third-order valence-corrected chi connectivity index (χ3v) is 3.22. The topological polar surface area (TPSA) is 41.6 Å². The van der Waals surface area contributed by atoms with E-state index >= 15 is 0 Å². The van der Waals surface area contributed by atoms with Gasteiger partial charge in [0.15, 0.2) is 0 Å². The number of esters is 1. The third kappa shape index (κ3) is 7.19. The monoisotopic (exact) mass is 294 g/mol. The molecule has 0 aromatic heterocycles. The van der Waals surface area contributed by atoms with Gasteiger partial charge in [0.05, 0.1) is 7.11 Å². The Balaban J connectivity index is 3.43. The number of ether oxygens (including phenoxy) is 1. The van der Waals surface area contributed by atoms with Crippen LogP contribution in [0.25, 0.3) is 0 Å². The number of carbonyl (C=O) groups excluding carboxylic acids is 1. The van der Waals surface area contributed by atoms with Crippen molar-refractivity contribution in [3.8, 4) is 0 Å². The fourth-order valence-electron chi connectivity index (χ4n) is 1.15. The average Bonchev–Trinajstić information content (AvgIpc) is 2.26. The molecule has 4 nitrogen and oxygen atoms in total. The van der Waals surface area contributed by atoms with Gasteiger partial charge in [0.2, 0.25) is 0 Å². The molecule has 0 saturated heterocycles. The van der Waals surface area contributed by atoms with E-state index in [2.05, 4.69) is 51.8 Å². The summed E-state index contributed by atoms with van der Waals surface area (Å²) in [6.07, 6.45) is 1.08. The maximum absolute atomic E-state index is 11.1. The minimum Gasteiger partial charge on any atom is -0.468 e. The molecule has 5 heteroatoms. The zero-order valence-electron chi connectivity index (χ0n) is 10.6. The Morgan fingerprint density at radius 2 is 2.12 bits per heavy atom. The Labute approximate surface area is 107 Å². The first-order chi connectivity index (χ1) is 7.49. The maximum atomic E-state index is 11.1. The Morgan fingerprint density at radius 3 is 2.62 bits per heavy atom. The molecule has 0 fully saturated rings. The Bertz CT molecular complexity index is 200. The van der Waals surface area contributed by atoms with Gasteiger partial charge in [0.25, 0.3) is 0 Å². The molecule has 0 saturated carbocycles. The van der Waals surface area contributed by atoms with E-state index in [1.54, 1.807) is 0 Å². The first-order valence-electron chi connectivity index (χ1n) is 5.62. The summed E-state index contributed by atoms with van der Waals surface area (Å²) in [6, 6.07) is 0.582. The molecule has 0 spiro atoms. The standard InChI is InChI=1S/C11H23BrN2O2/c1-9(2)14(3)7-5-6-13-8-10(12)11(15)16-4/h9-10,13H,5-8H2,1-4H3. The molecule has 0 aliphatic heterocycles. The number of hydrogen-bond acceptors (Lipinski definition) is 4. The first-order valence-corrected chi connectivity index (χ1v) is 6.53. The molecule has 0 bridgehead atoms. The van der Waals surface area contributed by atoms with Gasteiger partial charge in [0.1, 0.15) is 4.83 Å². The summed E-state index contributed by atoms with van der Waals surface area (Å²) in [6.45, 7) is 6.95. The predicted molar refractivity (Wildman–Crippen MR) is 70.0 cm³/mol. The number of nitrogens with one attached hydrogen (secondary N) is 1. The summed E-state index contributed by atoms with van der Waals surface area (Å²) in [5, 5.41) is 3.22. The highest BCUT2D eigenvalue weighted by molar-refractivity contribution is 9.10. The summed E-state index contributed by atoms with van der Waals surface area (Å²) in [7, 11) is 3.51. The largest absolute Gasteiger partial charge is 0.468 e. The van der Waals surface area contributed by atoms with E-state index in [1.807, 2.05) is 0 Å². The van der Waals surface area contributed by atoms with Crippen molar-refractivity contribution in [2.24, 2.45) is 0 Å². The molecule has 0 aromatic carbocycles. The molecule has 0 rings (SSSR count). The van der Waals surface area contributed by atoms with Crippen LogP contribution in [0.4, 0.5) is 0 Å². The Morgan fingerprint density at radius 1 is 1.50 bits per heavy atom. The fourth-order valence-corrected chi connectivity index (χ4v) is 1.57. The van der Waals surface area contributed by atoms with Crippen LogP contribution in [0.5, 0.6) is 0 Å². The lowest BCUT2D eigenvalue weighted by Crippen LogP contribution is -2.33. The lowest BCUT2D eigenvalue weighted by Gasteiger charge is -2.20. The molecule has 1 N–H and O–H groups in total. The SMILES string of the molecule is COC(=O)C(Br)CNCCCN(C)C(C)C. The van der Waals surface area contributed by atoms with Gasteiger partial charge in [-0.15, -0.1) is 0 Å². The van der Waals surface area contributed by atoms with Crippen LogP contribution in [0, 0.1) is 0 Å². The van der Waals surface area contributed by atoms with Gasteiger partial charge in [-0.2, -0.15) is 0 Å². The number of alkyl halides is 1. The zero-order chi connectivity index (χ0) is 12.6. The Kier molecular flexibility index (Phi) is 8.89. The molecule has 0 radical (unpaired) electrons. The van der Waals surface area contributed by atoms with Crippen LogP contribution in [-0.2, 0) is 9.53 Å². The van der Waals surface area contributed by atoms with Gasteiger partial charge >= 0.3 is 5.97 Å². The third-order valence-electron chi connectivity index (χ3n) is 2.53. The van der Waals surface area contributed by atoms with Gasteiger partial charge in [-0.3, -0.25) is 4.79 Å². The number of methoxy groups -OCH3 is 1. The predicted octanol–water partition coefficient (Wildman–Crippen LogP) is 1.24. The van der Waals surface area contributed by atoms with Gasteiger partial charge in [-0.25, -0.2) is 0 Å². The van der Waals surface area contributed by atoms with Crippen molar-refractivity contribution in [3.63, 3.8) is 0 Å².